The standard InChI is InChI=1S/C12H19N3O4S/c1-8-10(9(2)14(4)13-8)20(18,19)15-6-5-12(3,7-15)11(16)17/h5-7H2,1-4H3,(H,16,17). The smallest absolute Gasteiger partial charge is 0.310 e. The molecule has 8 heteroatoms. The van der Waals surface area contributed by atoms with Gasteiger partial charge in [-0.15, -0.1) is 0 Å². The molecule has 1 aromatic rings. The zero-order valence-corrected chi connectivity index (χ0v) is 12.9. The van der Waals surface area contributed by atoms with Crippen LogP contribution in [0.5, 0.6) is 0 Å². The molecule has 112 valence electrons. The monoisotopic (exact) mass is 301 g/mol. The van der Waals surface area contributed by atoms with Crippen LogP contribution in [-0.2, 0) is 21.9 Å². The predicted octanol–water partition coefficient (Wildman–Crippen LogP) is 0.522. The third-order valence-electron chi connectivity index (χ3n) is 4.00. The van der Waals surface area contributed by atoms with Crippen LogP contribution in [0.25, 0.3) is 0 Å². The maximum absolute atomic E-state index is 12.7. The van der Waals surface area contributed by atoms with Gasteiger partial charge in [0.05, 0.1) is 16.8 Å². The second-order valence-corrected chi connectivity index (χ2v) is 7.45. The molecule has 0 radical (unpaired) electrons. The lowest BCUT2D eigenvalue weighted by molar-refractivity contribution is -0.146. The van der Waals surface area contributed by atoms with Crippen molar-refractivity contribution in [2.75, 3.05) is 13.1 Å². The van der Waals surface area contributed by atoms with Gasteiger partial charge >= 0.3 is 5.97 Å². The Morgan fingerprint density at radius 2 is 2.00 bits per heavy atom. The van der Waals surface area contributed by atoms with Crippen LogP contribution in [0.15, 0.2) is 4.90 Å². The Morgan fingerprint density at radius 3 is 2.40 bits per heavy atom. The Morgan fingerprint density at radius 1 is 1.40 bits per heavy atom. The molecule has 0 bridgehead atoms. The van der Waals surface area contributed by atoms with E-state index in [4.69, 9.17) is 0 Å². The quantitative estimate of drug-likeness (QED) is 0.878. The van der Waals surface area contributed by atoms with E-state index in [1.54, 1.807) is 27.8 Å². The molecule has 0 spiro atoms. The molecule has 7 nitrogen and oxygen atoms in total. The summed E-state index contributed by atoms with van der Waals surface area (Å²) in [7, 11) is -2.01. The maximum Gasteiger partial charge on any atom is 0.310 e. The van der Waals surface area contributed by atoms with Crippen LogP contribution in [0.3, 0.4) is 0 Å². The highest BCUT2D eigenvalue weighted by atomic mass is 32.2. The van der Waals surface area contributed by atoms with Crippen molar-refractivity contribution in [3.63, 3.8) is 0 Å². The highest BCUT2D eigenvalue weighted by molar-refractivity contribution is 7.89. The van der Waals surface area contributed by atoms with Crippen LogP contribution in [0.1, 0.15) is 24.7 Å². The molecule has 2 rings (SSSR count). The summed E-state index contributed by atoms with van der Waals surface area (Å²) in [6, 6.07) is 0. The Kier molecular flexibility index (Phi) is 3.42. The first-order chi connectivity index (χ1) is 9.09. The summed E-state index contributed by atoms with van der Waals surface area (Å²) in [5.41, 5.74) is -0.0164. The van der Waals surface area contributed by atoms with Crippen LogP contribution in [0.2, 0.25) is 0 Å². The number of carbonyl (C=O) groups is 1. The molecule has 2 heterocycles. The van der Waals surface area contributed by atoms with E-state index in [1.165, 1.54) is 8.99 Å². The van der Waals surface area contributed by atoms with Crippen molar-refractivity contribution < 1.29 is 18.3 Å². The number of aryl methyl sites for hydroxylation is 2. The number of aliphatic carboxylic acids is 1. The minimum Gasteiger partial charge on any atom is -0.481 e. The van der Waals surface area contributed by atoms with Gasteiger partial charge in [0.15, 0.2) is 0 Å². The van der Waals surface area contributed by atoms with Gasteiger partial charge < -0.3 is 5.11 Å². The summed E-state index contributed by atoms with van der Waals surface area (Å²) in [6.45, 7) is 5.14. The summed E-state index contributed by atoms with van der Waals surface area (Å²) < 4.78 is 28.1. The lowest BCUT2D eigenvalue weighted by Crippen LogP contribution is -2.35. The molecule has 1 aromatic heterocycles. The molecule has 20 heavy (non-hydrogen) atoms. The average Bonchev–Trinajstić information content (AvgIpc) is 2.83. The van der Waals surface area contributed by atoms with Crippen LogP contribution in [0, 0.1) is 19.3 Å². The van der Waals surface area contributed by atoms with Crippen molar-refractivity contribution >= 4 is 16.0 Å². The van der Waals surface area contributed by atoms with Gasteiger partial charge in [0.1, 0.15) is 4.90 Å². The highest BCUT2D eigenvalue weighted by Crippen LogP contribution is 2.35. The van der Waals surface area contributed by atoms with Crippen molar-refractivity contribution in [1.29, 1.82) is 0 Å². The van der Waals surface area contributed by atoms with Gasteiger partial charge in [-0.2, -0.15) is 9.40 Å². The van der Waals surface area contributed by atoms with Crippen LogP contribution >= 0.6 is 0 Å². The van der Waals surface area contributed by atoms with Crippen LogP contribution < -0.4 is 0 Å². The number of carboxylic acid groups (broad SMARTS) is 1. The van der Waals surface area contributed by atoms with E-state index in [-0.39, 0.29) is 18.0 Å². The Bertz CT molecular complexity index is 664. The topological polar surface area (TPSA) is 92.5 Å². The van der Waals surface area contributed by atoms with Gasteiger partial charge in [-0.25, -0.2) is 8.42 Å². The molecule has 1 fully saturated rings. The molecule has 1 N–H and O–H groups in total. The van der Waals surface area contributed by atoms with Crippen molar-refractivity contribution in [2.24, 2.45) is 12.5 Å². The van der Waals surface area contributed by atoms with Gasteiger partial charge in [-0.05, 0) is 27.2 Å². The predicted molar refractivity (Wildman–Crippen MR) is 71.8 cm³/mol. The number of aromatic nitrogens is 2. The van der Waals surface area contributed by atoms with Crippen molar-refractivity contribution in [3.05, 3.63) is 11.4 Å². The lowest BCUT2D eigenvalue weighted by Gasteiger charge is -2.20. The summed E-state index contributed by atoms with van der Waals surface area (Å²) in [4.78, 5) is 11.4. The van der Waals surface area contributed by atoms with Crippen molar-refractivity contribution in [2.45, 2.75) is 32.1 Å². The zero-order valence-electron chi connectivity index (χ0n) is 12.0. The molecule has 0 amide bonds. The van der Waals surface area contributed by atoms with E-state index in [1.807, 2.05) is 0 Å². The molecular formula is C12H19N3O4S. The molecule has 1 atom stereocenters. The van der Waals surface area contributed by atoms with E-state index in [2.05, 4.69) is 5.10 Å². The Labute approximate surface area is 118 Å². The third-order valence-corrected chi connectivity index (χ3v) is 6.09. The second-order valence-electron chi connectivity index (χ2n) is 5.58. The minimum absolute atomic E-state index is 0.00155. The first-order valence-electron chi connectivity index (χ1n) is 6.33. The van der Waals surface area contributed by atoms with E-state index < -0.39 is 21.4 Å². The third kappa shape index (κ3) is 2.12. The molecule has 1 aliphatic heterocycles. The van der Waals surface area contributed by atoms with Crippen LogP contribution in [-0.4, -0.2) is 46.7 Å². The molecule has 1 unspecified atom stereocenters. The molecule has 1 saturated heterocycles. The summed E-state index contributed by atoms with van der Waals surface area (Å²) in [5, 5.41) is 13.3. The lowest BCUT2D eigenvalue weighted by atomic mass is 9.90. The van der Waals surface area contributed by atoms with Gasteiger partial charge in [-0.3, -0.25) is 9.48 Å². The van der Waals surface area contributed by atoms with E-state index >= 15 is 0 Å². The van der Waals surface area contributed by atoms with E-state index in [0.29, 0.717) is 17.8 Å². The number of rotatable bonds is 3. The Balaban J connectivity index is 2.41. The number of hydrogen-bond donors (Lipinski definition) is 1. The molecule has 0 aromatic carbocycles. The number of hydrogen-bond acceptors (Lipinski definition) is 4. The largest absolute Gasteiger partial charge is 0.481 e. The Hall–Kier alpha value is -1.41. The minimum atomic E-state index is -3.70. The molecule has 0 aliphatic carbocycles. The normalized spacial score (nSPS) is 24.2. The van der Waals surface area contributed by atoms with Crippen LogP contribution in [0.4, 0.5) is 0 Å². The first-order valence-corrected chi connectivity index (χ1v) is 7.77. The SMILES string of the molecule is Cc1nn(C)c(C)c1S(=O)(=O)N1CCC(C)(C(=O)O)C1. The fraction of sp³-hybridized carbons (Fsp3) is 0.667. The van der Waals surface area contributed by atoms with E-state index in [9.17, 15) is 18.3 Å². The highest BCUT2D eigenvalue weighted by Gasteiger charge is 2.45. The maximum atomic E-state index is 12.7. The number of carboxylic acids is 1. The van der Waals surface area contributed by atoms with E-state index in [0.717, 1.165) is 0 Å². The zero-order chi connectivity index (χ0) is 15.3. The first kappa shape index (κ1) is 15.0. The second kappa shape index (κ2) is 4.56. The molecular weight excluding hydrogens is 282 g/mol. The molecule has 1 aliphatic rings. The fourth-order valence-electron chi connectivity index (χ4n) is 2.56. The van der Waals surface area contributed by atoms with Gasteiger partial charge in [-0.1, -0.05) is 0 Å². The fourth-order valence-corrected chi connectivity index (χ4v) is 4.52. The average molecular weight is 301 g/mol. The molecule has 0 saturated carbocycles. The summed E-state index contributed by atoms with van der Waals surface area (Å²) in [6.07, 6.45) is 0.319. The summed E-state index contributed by atoms with van der Waals surface area (Å²) >= 11 is 0. The van der Waals surface area contributed by atoms with Crippen molar-refractivity contribution in [3.8, 4) is 0 Å². The van der Waals surface area contributed by atoms with Crippen molar-refractivity contribution in [1.82, 2.24) is 14.1 Å². The number of nitrogens with zero attached hydrogens (tertiary/aromatic N) is 3. The van der Waals surface area contributed by atoms with Gasteiger partial charge in [0.2, 0.25) is 10.0 Å². The van der Waals surface area contributed by atoms with Gasteiger partial charge in [0, 0.05) is 20.1 Å². The number of sulfonamides is 1. The summed E-state index contributed by atoms with van der Waals surface area (Å²) in [5.74, 6) is -0.963. The van der Waals surface area contributed by atoms with Gasteiger partial charge in [0.25, 0.3) is 0 Å².